The lowest BCUT2D eigenvalue weighted by atomic mass is 10.1. The number of benzene rings is 1. The van der Waals surface area contributed by atoms with Crippen molar-refractivity contribution in [2.45, 2.75) is 13.0 Å². The number of rotatable bonds is 6. The molecule has 2 amide bonds. The summed E-state index contributed by atoms with van der Waals surface area (Å²) in [5.74, 6) is 0.170. The number of amides is 2. The van der Waals surface area contributed by atoms with Gasteiger partial charge in [0, 0.05) is 49.4 Å². The summed E-state index contributed by atoms with van der Waals surface area (Å²) in [7, 11) is 1.60. The predicted octanol–water partition coefficient (Wildman–Crippen LogP) is 2.82. The van der Waals surface area contributed by atoms with Crippen molar-refractivity contribution in [3.05, 3.63) is 72.7 Å². The van der Waals surface area contributed by atoms with E-state index in [0.29, 0.717) is 13.1 Å². The lowest BCUT2D eigenvalue weighted by molar-refractivity contribution is -0.126. The number of anilines is 1. The summed E-state index contributed by atoms with van der Waals surface area (Å²) in [6, 6.07) is 14.9. The minimum absolute atomic E-state index is 0.0527. The molecule has 1 N–H and O–H groups in total. The maximum atomic E-state index is 12.7. The Morgan fingerprint density at radius 3 is 2.77 bits per heavy atom. The Hall–Kier alpha value is -3.74. The fourth-order valence-corrected chi connectivity index (χ4v) is 3.48. The third kappa shape index (κ3) is 4.30. The molecule has 1 aliphatic heterocycles. The third-order valence-electron chi connectivity index (χ3n) is 5.13. The minimum atomic E-state index is -0.376. The van der Waals surface area contributed by atoms with Crippen molar-refractivity contribution in [3.63, 3.8) is 0 Å². The van der Waals surface area contributed by atoms with E-state index in [1.807, 2.05) is 36.4 Å². The molecule has 0 spiro atoms. The molecule has 30 heavy (non-hydrogen) atoms. The van der Waals surface area contributed by atoms with E-state index in [4.69, 9.17) is 4.74 Å². The van der Waals surface area contributed by atoms with Crippen molar-refractivity contribution in [2.24, 2.45) is 5.92 Å². The number of carbonyl (C=O) groups excluding carboxylic acids is 2. The first-order valence-electron chi connectivity index (χ1n) is 9.71. The summed E-state index contributed by atoms with van der Waals surface area (Å²) in [4.78, 5) is 35.2. The molecule has 0 saturated carbocycles. The quantitative estimate of drug-likeness (QED) is 0.685. The van der Waals surface area contributed by atoms with Gasteiger partial charge >= 0.3 is 0 Å². The Kier molecular flexibility index (Phi) is 5.70. The number of hydrogen-bond donors (Lipinski definition) is 1. The van der Waals surface area contributed by atoms with Gasteiger partial charge in [0.05, 0.1) is 18.7 Å². The topological polar surface area (TPSA) is 84.4 Å². The van der Waals surface area contributed by atoms with Gasteiger partial charge in [-0.15, -0.1) is 0 Å². The Labute approximate surface area is 174 Å². The molecule has 2 aromatic heterocycles. The molecular formula is C23H22N4O3. The van der Waals surface area contributed by atoms with Crippen LogP contribution in [0.2, 0.25) is 0 Å². The fourth-order valence-electron chi connectivity index (χ4n) is 3.48. The van der Waals surface area contributed by atoms with Crippen LogP contribution in [-0.4, -0.2) is 35.4 Å². The van der Waals surface area contributed by atoms with Crippen LogP contribution in [0.5, 0.6) is 5.75 Å². The van der Waals surface area contributed by atoms with Crippen molar-refractivity contribution < 1.29 is 14.3 Å². The smallest absolute Gasteiger partial charge is 0.227 e. The first kappa shape index (κ1) is 19.6. The molecule has 1 aliphatic rings. The molecule has 4 rings (SSSR count). The van der Waals surface area contributed by atoms with E-state index in [-0.39, 0.29) is 24.2 Å². The second kappa shape index (κ2) is 8.73. The van der Waals surface area contributed by atoms with Gasteiger partial charge in [-0.1, -0.05) is 0 Å². The van der Waals surface area contributed by atoms with Gasteiger partial charge in [0.25, 0.3) is 0 Å². The first-order valence-corrected chi connectivity index (χ1v) is 9.71. The van der Waals surface area contributed by atoms with E-state index >= 15 is 0 Å². The number of aromatic nitrogens is 2. The number of nitrogens with zero attached hydrogens (tertiary/aromatic N) is 3. The van der Waals surface area contributed by atoms with Crippen LogP contribution in [0.15, 0.2) is 67.1 Å². The predicted molar refractivity (Wildman–Crippen MR) is 113 cm³/mol. The molecule has 1 unspecified atom stereocenters. The van der Waals surface area contributed by atoms with Crippen LogP contribution in [0, 0.1) is 5.92 Å². The van der Waals surface area contributed by atoms with Gasteiger partial charge in [0.1, 0.15) is 5.75 Å². The largest absolute Gasteiger partial charge is 0.497 e. The highest BCUT2D eigenvalue weighted by Gasteiger charge is 2.35. The van der Waals surface area contributed by atoms with Crippen molar-refractivity contribution >= 4 is 17.5 Å². The highest BCUT2D eigenvalue weighted by Crippen LogP contribution is 2.27. The molecule has 0 aliphatic carbocycles. The van der Waals surface area contributed by atoms with Gasteiger partial charge in [-0.3, -0.25) is 19.6 Å². The number of hydrogen-bond acceptors (Lipinski definition) is 5. The number of methoxy groups -OCH3 is 1. The van der Waals surface area contributed by atoms with E-state index in [9.17, 15) is 9.59 Å². The average molecular weight is 402 g/mol. The van der Waals surface area contributed by atoms with Gasteiger partial charge in [0.15, 0.2) is 0 Å². The standard InChI is InChI=1S/C23H22N4O3/c1-30-20-6-4-19(5-7-20)27-15-18(12-22(27)28)23(29)26-13-16-8-10-25-21(11-16)17-3-2-9-24-14-17/h2-11,14,18H,12-13,15H2,1H3,(H,26,29). The highest BCUT2D eigenvalue weighted by molar-refractivity contribution is 6.00. The summed E-state index contributed by atoms with van der Waals surface area (Å²) >= 11 is 0. The van der Waals surface area contributed by atoms with Crippen LogP contribution in [0.25, 0.3) is 11.3 Å². The van der Waals surface area contributed by atoms with E-state index in [0.717, 1.165) is 28.3 Å². The molecule has 7 heteroatoms. The zero-order chi connectivity index (χ0) is 20.9. The molecule has 1 aromatic carbocycles. The molecule has 152 valence electrons. The van der Waals surface area contributed by atoms with Crippen LogP contribution in [0.1, 0.15) is 12.0 Å². The monoisotopic (exact) mass is 402 g/mol. The van der Waals surface area contributed by atoms with Crippen molar-refractivity contribution in [1.82, 2.24) is 15.3 Å². The van der Waals surface area contributed by atoms with Gasteiger partial charge < -0.3 is 15.0 Å². The van der Waals surface area contributed by atoms with Crippen molar-refractivity contribution in [1.29, 1.82) is 0 Å². The Balaban J connectivity index is 1.37. The second-order valence-corrected chi connectivity index (χ2v) is 7.11. The summed E-state index contributed by atoms with van der Waals surface area (Å²) in [5, 5.41) is 2.95. The fraction of sp³-hybridized carbons (Fsp3) is 0.217. The van der Waals surface area contributed by atoms with Crippen LogP contribution >= 0.6 is 0 Å². The molecule has 1 saturated heterocycles. The molecule has 3 aromatic rings. The summed E-state index contributed by atoms with van der Waals surface area (Å²) in [6.07, 6.45) is 5.39. The zero-order valence-corrected chi connectivity index (χ0v) is 16.6. The molecular weight excluding hydrogens is 380 g/mol. The number of carbonyl (C=O) groups is 2. The first-order chi connectivity index (χ1) is 14.6. The second-order valence-electron chi connectivity index (χ2n) is 7.11. The summed E-state index contributed by atoms with van der Waals surface area (Å²) in [6.45, 7) is 0.746. The van der Waals surface area contributed by atoms with Gasteiger partial charge in [-0.05, 0) is 54.1 Å². The Morgan fingerprint density at radius 2 is 2.03 bits per heavy atom. The van der Waals surface area contributed by atoms with Gasteiger partial charge in [-0.25, -0.2) is 0 Å². The van der Waals surface area contributed by atoms with Crippen molar-refractivity contribution in [2.75, 3.05) is 18.6 Å². The molecule has 3 heterocycles. The average Bonchev–Trinajstić information content (AvgIpc) is 3.20. The zero-order valence-electron chi connectivity index (χ0n) is 16.6. The van der Waals surface area contributed by atoms with E-state index in [1.165, 1.54) is 0 Å². The maximum absolute atomic E-state index is 12.7. The maximum Gasteiger partial charge on any atom is 0.227 e. The molecule has 0 radical (unpaired) electrons. The van der Waals surface area contributed by atoms with Crippen LogP contribution in [-0.2, 0) is 16.1 Å². The third-order valence-corrected chi connectivity index (χ3v) is 5.13. The number of ether oxygens (including phenoxy) is 1. The Bertz CT molecular complexity index is 1040. The van der Waals surface area contributed by atoms with Crippen LogP contribution in [0.4, 0.5) is 5.69 Å². The van der Waals surface area contributed by atoms with E-state index in [2.05, 4.69) is 15.3 Å². The van der Waals surface area contributed by atoms with Gasteiger partial charge in [0.2, 0.25) is 11.8 Å². The summed E-state index contributed by atoms with van der Waals surface area (Å²) < 4.78 is 5.15. The van der Waals surface area contributed by atoms with Crippen LogP contribution < -0.4 is 15.0 Å². The van der Waals surface area contributed by atoms with Crippen molar-refractivity contribution in [3.8, 4) is 17.0 Å². The lowest BCUT2D eigenvalue weighted by Gasteiger charge is -2.17. The highest BCUT2D eigenvalue weighted by atomic mass is 16.5. The molecule has 1 fully saturated rings. The molecule has 7 nitrogen and oxygen atoms in total. The minimum Gasteiger partial charge on any atom is -0.497 e. The van der Waals surface area contributed by atoms with E-state index in [1.54, 1.807) is 42.7 Å². The molecule has 1 atom stereocenters. The lowest BCUT2D eigenvalue weighted by Crippen LogP contribution is -2.32. The SMILES string of the molecule is COc1ccc(N2CC(C(=O)NCc3ccnc(-c4cccnc4)c3)CC2=O)cc1. The Morgan fingerprint density at radius 1 is 1.20 bits per heavy atom. The number of pyridine rings is 2. The van der Waals surface area contributed by atoms with Crippen LogP contribution in [0.3, 0.4) is 0 Å². The van der Waals surface area contributed by atoms with E-state index < -0.39 is 0 Å². The summed E-state index contributed by atoms with van der Waals surface area (Å²) in [5.41, 5.74) is 3.43. The molecule has 0 bridgehead atoms. The number of nitrogens with one attached hydrogen (secondary N) is 1. The van der Waals surface area contributed by atoms with Gasteiger partial charge in [-0.2, -0.15) is 0 Å². The normalized spacial score (nSPS) is 15.8.